The first-order valence-corrected chi connectivity index (χ1v) is 11.0. The smallest absolute Gasteiger partial charge is 0.410 e. The number of aromatic amines is 1. The first-order chi connectivity index (χ1) is 15.3. The van der Waals surface area contributed by atoms with Gasteiger partial charge in [0.2, 0.25) is 0 Å². The van der Waals surface area contributed by atoms with Crippen LogP contribution in [0.15, 0.2) is 36.7 Å². The molecule has 0 unspecified atom stereocenters. The molecule has 0 aliphatic carbocycles. The van der Waals surface area contributed by atoms with E-state index in [0.29, 0.717) is 30.5 Å². The van der Waals surface area contributed by atoms with Crippen molar-refractivity contribution in [3.8, 4) is 22.6 Å². The number of ether oxygens (including phenoxy) is 3. The summed E-state index contributed by atoms with van der Waals surface area (Å²) in [5.41, 5.74) is 3.68. The maximum Gasteiger partial charge on any atom is 0.410 e. The summed E-state index contributed by atoms with van der Waals surface area (Å²) in [5, 5.41) is 1.12. The summed E-state index contributed by atoms with van der Waals surface area (Å²) >= 11 is 0. The van der Waals surface area contributed by atoms with Gasteiger partial charge in [0.05, 0.1) is 14.2 Å². The topological polar surface area (TPSA) is 76.7 Å². The highest BCUT2D eigenvalue weighted by Crippen LogP contribution is 2.36. The van der Waals surface area contributed by atoms with E-state index in [9.17, 15) is 4.79 Å². The van der Waals surface area contributed by atoms with Gasteiger partial charge in [-0.25, -0.2) is 9.78 Å². The van der Waals surface area contributed by atoms with Crippen LogP contribution >= 0.6 is 0 Å². The fourth-order valence-electron chi connectivity index (χ4n) is 4.23. The minimum atomic E-state index is -0.475. The molecule has 3 heterocycles. The number of amides is 1. The van der Waals surface area contributed by atoms with E-state index < -0.39 is 5.60 Å². The van der Waals surface area contributed by atoms with E-state index in [1.165, 1.54) is 5.56 Å². The number of piperidine rings is 1. The van der Waals surface area contributed by atoms with Crippen molar-refractivity contribution >= 4 is 17.1 Å². The van der Waals surface area contributed by atoms with Gasteiger partial charge >= 0.3 is 6.09 Å². The zero-order valence-corrected chi connectivity index (χ0v) is 19.4. The summed E-state index contributed by atoms with van der Waals surface area (Å²) in [6, 6.07) is 8.06. The molecule has 4 rings (SSSR count). The minimum absolute atomic E-state index is 0.229. The highest BCUT2D eigenvalue weighted by molar-refractivity contribution is 5.85. The van der Waals surface area contributed by atoms with E-state index in [1.807, 2.05) is 50.1 Å². The molecule has 1 aliphatic rings. The molecule has 1 amide bonds. The number of nitrogens with one attached hydrogen (secondary N) is 1. The standard InChI is InChI=1S/C25H31N3O4/c1-25(2,3)32-24(29)28-10-8-16(9-11-28)20-15-27-23-19(20)12-18(14-26-23)17-6-7-21(30-4)22(13-17)31-5/h6-7,12-16H,8-11H2,1-5H3,(H,26,27). The second-order valence-corrected chi connectivity index (χ2v) is 9.18. The highest BCUT2D eigenvalue weighted by atomic mass is 16.6. The van der Waals surface area contributed by atoms with Crippen molar-refractivity contribution < 1.29 is 19.0 Å². The van der Waals surface area contributed by atoms with Gasteiger partial charge in [0, 0.05) is 36.4 Å². The third-order valence-corrected chi connectivity index (χ3v) is 5.87. The lowest BCUT2D eigenvalue weighted by molar-refractivity contribution is 0.0205. The number of hydrogen-bond donors (Lipinski definition) is 1. The van der Waals surface area contributed by atoms with E-state index in [1.54, 1.807) is 14.2 Å². The number of aromatic nitrogens is 2. The SMILES string of the molecule is COc1ccc(-c2cnc3[nH]cc(C4CCN(C(=O)OC(C)(C)C)CC4)c3c2)cc1OC. The van der Waals surface area contributed by atoms with Gasteiger partial charge in [0.1, 0.15) is 11.2 Å². The number of carbonyl (C=O) groups is 1. The molecule has 7 heteroatoms. The van der Waals surface area contributed by atoms with Gasteiger partial charge in [-0.1, -0.05) is 6.07 Å². The summed E-state index contributed by atoms with van der Waals surface area (Å²) in [6.45, 7) is 7.07. The van der Waals surface area contributed by atoms with Gasteiger partial charge < -0.3 is 24.1 Å². The third-order valence-electron chi connectivity index (χ3n) is 5.87. The van der Waals surface area contributed by atoms with Crippen LogP contribution in [0.3, 0.4) is 0 Å². The number of fused-ring (bicyclic) bond motifs is 1. The van der Waals surface area contributed by atoms with Crippen molar-refractivity contribution in [1.29, 1.82) is 0 Å². The first-order valence-electron chi connectivity index (χ1n) is 11.0. The molecule has 1 fully saturated rings. The van der Waals surface area contributed by atoms with Crippen molar-refractivity contribution in [3.63, 3.8) is 0 Å². The van der Waals surface area contributed by atoms with Crippen LogP contribution in [-0.4, -0.2) is 53.9 Å². The van der Waals surface area contributed by atoms with E-state index in [4.69, 9.17) is 14.2 Å². The number of pyridine rings is 1. The molecular formula is C25H31N3O4. The number of benzene rings is 1. The highest BCUT2D eigenvalue weighted by Gasteiger charge is 2.28. The second kappa shape index (κ2) is 8.73. The van der Waals surface area contributed by atoms with E-state index in [2.05, 4.69) is 22.2 Å². The minimum Gasteiger partial charge on any atom is -0.493 e. The Labute approximate surface area is 188 Å². The van der Waals surface area contributed by atoms with Crippen LogP contribution in [0.1, 0.15) is 45.1 Å². The van der Waals surface area contributed by atoms with Gasteiger partial charge in [-0.3, -0.25) is 0 Å². The van der Waals surface area contributed by atoms with E-state index >= 15 is 0 Å². The molecule has 1 N–H and O–H groups in total. The quantitative estimate of drug-likeness (QED) is 0.594. The third kappa shape index (κ3) is 4.52. The fourth-order valence-corrected chi connectivity index (χ4v) is 4.23. The molecule has 0 saturated carbocycles. The van der Waals surface area contributed by atoms with Crippen LogP contribution in [0, 0.1) is 0 Å². The number of nitrogens with zero attached hydrogens (tertiary/aromatic N) is 2. The molecule has 0 atom stereocenters. The first kappa shape index (κ1) is 22.0. The van der Waals surface area contributed by atoms with Gasteiger partial charge in [-0.15, -0.1) is 0 Å². The van der Waals surface area contributed by atoms with E-state index in [-0.39, 0.29) is 6.09 Å². The average molecular weight is 438 g/mol. The van der Waals surface area contributed by atoms with Crippen molar-refractivity contribution in [2.45, 2.75) is 45.1 Å². The number of methoxy groups -OCH3 is 2. The summed E-state index contributed by atoms with van der Waals surface area (Å²) in [5.74, 6) is 1.75. The number of likely N-dealkylation sites (tertiary alicyclic amines) is 1. The molecule has 3 aromatic rings. The molecular weight excluding hydrogens is 406 g/mol. The number of rotatable bonds is 4. The summed E-state index contributed by atoms with van der Waals surface area (Å²) < 4.78 is 16.3. The van der Waals surface area contributed by atoms with Crippen molar-refractivity contribution in [2.75, 3.05) is 27.3 Å². The van der Waals surface area contributed by atoms with Crippen LogP contribution in [0.2, 0.25) is 0 Å². The van der Waals surface area contributed by atoms with Crippen LogP contribution in [0.5, 0.6) is 11.5 Å². The number of hydrogen-bond acceptors (Lipinski definition) is 5. The summed E-state index contributed by atoms with van der Waals surface area (Å²) in [4.78, 5) is 22.1. The Hall–Kier alpha value is -3.22. The van der Waals surface area contributed by atoms with Crippen molar-refractivity contribution in [1.82, 2.24) is 14.9 Å². The molecule has 2 aromatic heterocycles. The summed E-state index contributed by atoms with van der Waals surface area (Å²) in [6.07, 6.45) is 5.49. The monoisotopic (exact) mass is 437 g/mol. The van der Waals surface area contributed by atoms with Crippen LogP contribution < -0.4 is 9.47 Å². The zero-order chi connectivity index (χ0) is 22.9. The molecule has 1 aromatic carbocycles. The second-order valence-electron chi connectivity index (χ2n) is 9.18. The molecule has 0 radical (unpaired) electrons. The Bertz CT molecular complexity index is 1110. The Morgan fingerprint density at radius 2 is 1.78 bits per heavy atom. The lowest BCUT2D eigenvalue weighted by Gasteiger charge is -2.33. The predicted molar refractivity (Wildman–Crippen MR) is 124 cm³/mol. The maximum absolute atomic E-state index is 12.4. The lowest BCUT2D eigenvalue weighted by atomic mass is 9.89. The normalized spacial score (nSPS) is 15.1. The Morgan fingerprint density at radius 3 is 2.44 bits per heavy atom. The Balaban J connectivity index is 1.55. The predicted octanol–water partition coefficient (Wildman–Crippen LogP) is 5.36. The van der Waals surface area contributed by atoms with Crippen molar-refractivity contribution in [3.05, 3.63) is 42.2 Å². The zero-order valence-electron chi connectivity index (χ0n) is 19.4. The Morgan fingerprint density at radius 1 is 1.06 bits per heavy atom. The fraction of sp³-hybridized carbons (Fsp3) is 0.440. The molecule has 0 spiro atoms. The maximum atomic E-state index is 12.4. The number of H-pyrrole nitrogens is 1. The molecule has 7 nitrogen and oxygen atoms in total. The van der Waals surface area contributed by atoms with Gasteiger partial charge in [-0.2, -0.15) is 0 Å². The largest absolute Gasteiger partial charge is 0.493 e. The van der Waals surface area contributed by atoms with Gasteiger partial charge in [-0.05, 0) is 68.9 Å². The van der Waals surface area contributed by atoms with E-state index in [0.717, 1.165) is 35.0 Å². The van der Waals surface area contributed by atoms with Crippen molar-refractivity contribution in [2.24, 2.45) is 0 Å². The molecule has 1 saturated heterocycles. The van der Waals surface area contributed by atoms with Crippen LogP contribution in [0.25, 0.3) is 22.2 Å². The summed E-state index contributed by atoms with van der Waals surface area (Å²) in [7, 11) is 3.27. The van der Waals surface area contributed by atoms with Crippen LogP contribution in [-0.2, 0) is 4.74 Å². The molecule has 0 bridgehead atoms. The van der Waals surface area contributed by atoms with Gasteiger partial charge in [0.25, 0.3) is 0 Å². The Kier molecular flexibility index (Phi) is 6.00. The lowest BCUT2D eigenvalue weighted by Crippen LogP contribution is -2.41. The molecule has 32 heavy (non-hydrogen) atoms. The molecule has 1 aliphatic heterocycles. The number of carbonyl (C=O) groups excluding carboxylic acids is 1. The van der Waals surface area contributed by atoms with Crippen LogP contribution in [0.4, 0.5) is 4.79 Å². The van der Waals surface area contributed by atoms with Gasteiger partial charge in [0.15, 0.2) is 11.5 Å². The average Bonchev–Trinajstić information content (AvgIpc) is 3.20. The molecule has 170 valence electrons.